The smallest absolute Gasteiger partial charge is 0.247 e. The van der Waals surface area contributed by atoms with Gasteiger partial charge in [0.25, 0.3) is 0 Å². The fourth-order valence-corrected chi connectivity index (χ4v) is 3.82. The minimum Gasteiger partial charge on any atom is -0.419 e. The number of hydrogen-bond donors (Lipinski definition) is 1. The zero-order valence-electron chi connectivity index (χ0n) is 15.8. The molecule has 1 aliphatic heterocycles. The third kappa shape index (κ3) is 4.29. The molecule has 0 unspecified atom stereocenters. The average molecular weight is 380 g/mol. The molecule has 1 saturated heterocycles. The van der Waals surface area contributed by atoms with E-state index < -0.39 is 0 Å². The van der Waals surface area contributed by atoms with Crippen molar-refractivity contribution < 1.29 is 8.81 Å². The van der Waals surface area contributed by atoms with Gasteiger partial charge in [-0.15, -0.1) is 10.2 Å². The van der Waals surface area contributed by atoms with Crippen LogP contribution in [0.15, 0.2) is 59.0 Å². The summed E-state index contributed by atoms with van der Waals surface area (Å²) in [7, 11) is 0. The van der Waals surface area contributed by atoms with Gasteiger partial charge in [-0.1, -0.05) is 36.4 Å². The third-order valence-electron chi connectivity index (χ3n) is 5.34. The molecule has 1 aliphatic rings. The van der Waals surface area contributed by atoms with Gasteiger partial charge in [0, 0.05) is 18.2 Å². The molecule has 0 saturated carbocycles. The molecule has 6 heteroatoms. The first-order valence-corrected chi connectivity index (χ1v) is 9.82. The molecule has 2 N–H and O–H groups in total. The monoisotopic (exact) mass is 380 g/mol. The fourth-order valence-electron chi connectivity index (χ4n) is 3.82. The van der Waals surface area contributed by atoms with E-state index in [1.54, 1.807) is 12.1 Å². The van der Waals surface area contributed by atoms with E-state index in [1.165, 1.54) is 6.07 Å². The highest BCUT2D eigenvalue weighted by Crippen LogP contribution is 2.32. The zero-order chi connectivity index (χ0) is 19.3. The van der Waals surface area contributed by atoms with Gasteiger partial charge in [-0.2, -0.15) is 0 Å². The van der Waals surface area contributed by atoms with Gasteiger partial charge in [0.2, 0.25) is 11.8 Å². The molecule has 0 radical (unpaired) electrons. The van der Waals surface area contributed by atoms with Crippen molar-refractivity contribution in [3.8, 4) is 11.5 Å². The Balaban J connectivity index is 1.36. The Morgan fingerprint density at radius 2 is 1.89 bits per heavy atom. The van der Waals surface area contributed by atoms with Crippen LogP contribution in [-0.2, 0) is 6.42 Å². The highest BCUT2D eigenvalue weighted by Gasteiger charge is 2.30. The molecule has 4 rings (SSSR count). The van der Waals surface area contributed by atoms with Crippen LogP contribution >= 0.6 is 0 Å². The Morgan fingerprint density at radius 3 is 2.71 bits per heavy atom. The number of nitrogens with zero attached hydrogens (tertiary/aromatic N) is 3. The van der Waals surface area contributed by atoms with E-state index in [9.17, 15) is 4.39 Å². The Labute approximate surface area is 164 Å². The standard InChI is InChI=1S/C22H25FN4O/c23-19-10-5-4-9-17(19)15-18(24)12-14-27-13-6-11-20(27)22-26-25-21(28-22)16-7-2-1-3-8-16/h1-5,7-10,18,20H,6,11-15,24H2/t18-,20-/m0/s1. The second-order valence-electron chi connectivity index (χ2n) is 7.35. The lowest BCUT2D eigenvalue weighted by Crippen LogP contribution is -2.32. The summed E-state index contributed by atoms with van der Waals surface area (Å²) < 4.78 is 19.8. The number of benzene rings is 2. The fraction of sp³-hybridized carbons (Fsp3) is 0.364. The maximum absolute atomic E-state index is 13.8. The molecule has 28 heavy (non-hydrogen) atoms. The van der Waals surface area contributed by atoms with Gasteiger partial charge >= 0.3 is 0 Å². The van der Waals surface area contributed by atoms with E-state index >= 15 is 0 Å². The van der Waals surface area contributed by atoms with Crippen LogP contribution in [0, 0.1) is 5.82 Å². The van der Waals surface area contributed by atoms with Gasteiger partial charge in [0.1, 0.15) is 5.82 Å². The van der Waals surface area contributed by atoms with Crippen molar-refractivity contribution in [2.24, 2.45) is 5.73 Å². The van der Waals surface area contributed by atoms with Crippen LogP contribution in [0.2, 0.25) is 0 Å². The van der Waals surface area contributed by atoms with Crippen molar-refractivity contribution in [2.45, 2.75) is 37.8 Å². The van der Waals surface area contributed by atoms with Crippen molar-refractivity contribution in [2.75, 3.05) is 13.1 Å². The van der Waals surface area contributed by atoms with E-state index in [0.29, 0.717) is 23.8 Å². The van der Waals surface area contributed by atoms with Crippen LogP contribution in [0.25, 0.3) is 11.5 Å². The third-order valence-corrected chi connectivity index (χ3v) is 5.34. The van der Waals surface area contributed by atoms with Crippen LogP contribution in [0.5, 0.6) is 0 Å². The van der Waals surface area contributed by atoms with E-state index in [2.05, 4.69) is 15.1 Å². The summed E-state index contributed by atoms with van der Waals surface area (Å²) in [6.07, 6.45) is 3.43. The van der Waals surface area contributed by atoms with Crippen LogP contribution in [0.3, 0.4) is 0 Å². The van der Waals surface area contributed by atoms with E-state index in [0.717, 1.165) is 37.9 Å². The maximum Gasteiger partial charge on any atom is 0.247 e. The molecule has 0 aliphatic carbocycles. The van der Waals surface area contributed by atoms with Crippen LogP contribution in [0.1, 0.15) is 36.8 Å². The number of rotatable bonds is 7. The van der Waals surface area contributed by atoms with Gasteiger partial charge in [0.15, 0.2) is 0 Å². The minimum absolute atomic E-state index is 0.0827. The van der Waals surface area contributed by atoms with E-state index in [1.807, 2.05) is 36.4 Å². The molecule has 1 fully saturated rings. The molecule has 0 spiro atoms. The lowest BCUT2D eigenvalue weighted by molar-refractivity contribution is 0.216. The lowest BCUT2D eigenvalue weighted by atomic mass is 10.0. The molecule has 5 nitrogen and oxygen atoms in total. The minimum atomic E-state index is -0.184. The van der Waals surface area contributed by atoms with Gasteiger partial charge in [-0.05, 0) is 56.0 Å². The highest BCUT2D eigenvalue weighted by atomic mass is 19.1. The van der Waals surface area contributed by atoms with Crippen LogP contribution < -0.4 is 5.73 Å². The molecule has 3 aromatic rings. The van der Waals surface area contributed by atoms with E-state index in [4.69, 9.17) is 10.2 Å². The van der Waals surface area contributed by atoms with Gasteiger partial charge in [-0.3, -0.25) is 4.90 Å². The molecular weight excluding hydrogens is 355 g/mol. The summed E-state index contributed by atoms with van der Waals surface area (Å²) in [6.45, 7) is 1.82. The van der Waals surface area contributed by atoms with Gasteiger partial charge < -0.3 is 10.2 Å². The van der Waals surface area contributed by atoms with Crippen molar-refractivity contribution in [1.82, 2.24) is 15.1 Å². The molecule has 1 aromatic heterocycles. The molecule has 2 aromatic carbocycles. The quantitative estimate of drug-likeness (QED) is 0.672. The summed E-state index contributed by atoms with van der Waals surface area (Å²) in [5.74, 6) is 1.04. The average Bonchev–Trinajstić information content (AvgIpc) is 3.38. The van der Waals surface area contributed by atoms with Crippen LogP contribution in [0.4, 0.5) is 4.39 Å². The predicted octanol–water partition coefficient (Wildman–Crippen LogP) is 3.97. The van der Waals surface area contributed by atoms with Crippen molar-refractivity contribution in [1.29, 1.82) is 0 Å². The first-order chi connectivity index (χ1) is 13.7. The maximum atomic E-state index is 13.8. The molecule has 0 bridgehead atoms. The summed E-state index contributed by atoms with van der Waals surface area (Å²) in [5.41, 5.74) is 7.88. The number of nitrogens with two attached hydrogens (primary N) is 1. The number of likely N-dealkylation sites (tertiary alicyclic amines) is 1. The largest absolute Gasteiger partial charge is 0.419 e. The second kappa shape index (κ2) is 8.63. The zero-order valence-corrected chi connectivity index (χ0v) is 15.8. The molecule has 146 valence electrons. The summed E-state index contributed by atoms with van der Waals surface area (Å²) in [5, 5.41) is 8.51. The molecule has 2 heterocycles. The van der Waals surface area contributed by atoms with Crippen molar-refractivity contribution in [3.63, 3.8) is 0 Å². The Hall–Kier alpha value is -2.57. The summed E-state index contributed by atoms with van der Waals surface area (Å²) in [6, 6.07) is 16.7. The molecule has 2 atom stereocenters. The second-order valence-corrected chi connectivity index (χ2v) is 7.35. The Kier molecular flexibility index (Phi) is 5.78. The van der Waals surface area contributed by atoms with Crippen molar-refractivity contribution >= 4 is 0 Å². The number of halogens is 1. The summed E-state index contributed by atoms with van der Waals surface area (Å²) in [4.78, 5) is 2.35. The first-order valence-electron chi connectivity index (χ1n) is 9.82. The lowest BCUT2D eigenvalue weighted by Gasteiger charge is -2.23. The Bertz CT molecular complexity index is 898. The molecular formula is C22H25FN4O. The number of hydrogen-bond acceptors (Lipinski definition) is 5. The molecule has 0 amide bonds. The summed E-state index contributed by atoms with van der Waals surface area (Å²) >= 11 is 0. The predicted molar refractivity (Wildman–Crippen MR) is 106 cm³/mol. The van der Waals surface area contributed by atoms with Gasteiger partial charge in [-0.25, -0.2) is 4.39 Å². The normalized spacial score (nSPS) is 18.4. The number of aromatic nitrogens is 2. The Morgan fingerprint density at radius 1 is 1.11 bits per heavy atom. The van der Waals surface area contributed by atoms with Crippen LogP contribution in [-0.4, -0.2) is 34.2 Å². The topological polar surface area (TPSA) is 68.2 Å². The SMILES string of the molecule is N[C@@H](CCN1CCC[C@H]1c1nnc(-c2ccccc2)o1)Cc1ccccc1F. The van der Waals surface area contributed by atoms with Gasteiger partial charge in [0.05, 0.1) is 6.04 Å². The first kappa shape index (κ1) is 18.8. The highest BCUT2D eigenvalue weighted by molar-refractivity contribution is 5.51. The van der Waals surface area contributed by atoms with E-state index in [-0.39, 0.29) is 17.9 Å². The van der Waals surface area contributed by atoms with Crippen molar-refractivity contribution in [3.05, 3.63) is 71.9 Å².